The van der Waals surface area contributed by atoms with Crippen molar-refractivity contribution in [3.05, 3.63) is 0 Å². The molecule has 0 aliphatic rings. The molecule has 0 aromatic carbocycles. The molecule has 4 nitrogen and oxygen atoms in total. The van der Waals surface area contributed by atoms with Crippen molar-refractivity contribution < 1.29 is 18.3 Å². The molecule has 0 radical (unpaired) electrons. The molecule has 1 unspecified atom stereocenters. The van der Waals surface area contributed by atoms with Crippen molar-refractivity contribution in [1.29, 1.82) is 0 Å². The molecule has 150 valence electrons. The van der Waals surface area contributed by atoms with E-state index in [-0.39, 0.29) is 0 Å². The zero-order valence-corrected chi connectivity index (χ0v) is 18.3. The van der Waals surface area contributed by atoms with Crippen LogP contribution < -0.4 is 0 Å². The number of nitrogens with zero attached hydrogens (tertiary/aromatic N) is 1. The third kappa shape index (κ3) is 21.9. The van der Waals surface area contributed by atoms with Crippen LogP contribution in [0.25, 0.3) is 0 Å². The van der Waals surface area contributed by atoms with E-state index in [1.165, 1.54) is 57.8 Å². The quantitative estimate of drug-likeness (QED) is 0.163. The highest BCUT2D eigenvalue weighted by molar-refractivity contribution is 7.39. The number of rotatable bonds is 19. The molecular weight excluding hydrogens is 333 g/mol. The van der Waals surface area contributed by atoms with Crippen molar-refractivity contribution in [3.63, 3.8) is 0 Å². The molecule has 1 atom stereocenters. The Kier molecular flexibility index (Phi) is 17.4. The Morgan fingerprint density at radius 2 is 1.24 bits per heavy atom. The van der Waals surface area contributed by atoms with E-state index in [1.54, 1.807) is 0 Å². The summed E-state index contributed by atoms with van der Waals surface area (Å²) in [6, 6.07) is 0. The number of likely N-dealkylation sites (N-methyl/N-ethyl adjacent to an activating group) is 1. The lowest BCUT2D eigenvalue weighted by Crippen LogP contribution is -2.37. The molecule has 5 heteroatoms. The molecule has 0 saturated carbocycles. The van der Waals surface area contributed by atoms with Crippen molar-refractivity contribution in [3.8, 4) is 0 Å². The highest BCUT2D eigenvalue weighted by Gasteiger charge is 2.18. The molecule has 0 N–H and O–H groups in total. The molecule has 0 aliphatic heterocycles. The van der Waals surface area contributed by atoms with Crippen molar-refractivity contribution in [1.82, 2.24) is 0 Å². The van der Waals surface area contributed by atoms with Gasteiger partial charge in [0, 0.05) is 13.0 Å². The molecule has 0 aromatic heterocycles. The molecule has 0 spiro atoms. The van der Waals surface area contributed by atoms with Gasteiger partial charge in [-0.1, -0.05) is 64.7 Å². The number of hydrogen-bond donors (Lipinski definition) is 0. The summed E-state index contributed by atoms with van der Waals surface area (Å²) in [7, 11) is 4.81. The standard InChI is InChI=1S/C20H44NO3P/c1-5-6-7-8-9-10-11-12-13-14-17-23-18-15-20-25(22)24-19-16-21(2,3)4/h5-20H2,1-4H3/q+2. The lowest BCUT2D eigenvalue weighted by molar-refractivity contribution is -0.870. The fourth-order valence-corrected chi connectivity index (χ4v) is 3.37. The lowest BCUT2D eigenvalue weighted by Gasteiger charge is -2.21. The Morgan fingerprint density at radius 3 is 1.80 bits per heavy atom. The van der Waals surface area contributed by atoms with Crippen molar-refractivity contribution >= 4 is 8.03 Å². The predicted molar refractivity (Wildman–Crippen MR) is 109 cm³/mol. The monoisotopic (exact) mass is 377 g/mol. The molecule has 0 saturated heterocycles. The van der Waals surface area contributed by atoms with Gasteiger partial charge in [-0.2, -0.15) is 0 Å². The Hall–Kier alpha value is -0.0200. The Labute approximate surface area is 158 Å². The maximum Gasteiger partial charge on any atom is 0.508 e. The maximum atomic E-state index is 11.7. The Bertz CT molecular complexity index is 306. The molecule has 0 aliphatic carbocycles. The first-order valence-electron chi connectivity index (χ1n) is 10.4. The van der Waals surface area contributed by atoms with Gasteiger partial charge in [-0.05, 0) is 11.0 Å². The molecule has 25 heavy (non-hydrogen) atoms. The second-order valence-electron chi connectivity index (χ2n) is 8.05. The SMILES string of the molecule is CCCCCCCCCCCCOCCC[P+](=O)OCC[N+](C)(C)C. The van der Waals surface area contributed by atoms with Crippen LogP contribution in [0.3, 0.4) is 0 Å². The summed E-state index contributed by atoms with van der Waals surface area (Å²) in [5.41, 5.74) is 0. The van der Waals surface area contributed by atoms with Gasteiger partial charge in [-0.3, -0.25) is 0 Å². The molecule has 0 fully saturated rings. The summed E-state index contributed by atoms with van der Waals surface area (Å²) in [5, 5.41) is 0. The molecule has 0 amide bonds. The zero-order chi connectivity index (χ0) is 18.8. The van der Waals surface area contributed by atoms with E-state index in [0.29, 0.717) is 19.4 Å². The van der Waals surface area contributed by atoms with Gasteiger partial charge >= 0.3 is 8.03 Å². The zero-order valence-electron chi connectivity index (χ0n) is 17.4. The summed E-state index contributed by atoms with van der Waals surface area (Å²) in [4.78, 5) is 0. The van der Waals surface area contributed by atoms with E-state index in [9.17, 15) is 4.57 Å². The third-order valence-corrected chi connectivity index (χ3v) is 5.42. The van der Waals surface area contributed by atoms with Crippen molar-refractivity contribution in [2.24, 2.45) is 0 Å². The van der Waals surface area contributed by atoms with E-state index < -0.39 is 8.03 Å². The normalized spacial score (nSPS) is 12.6. The summed E-state index contributed by atoms with van der Waals surface area (Å²) < 4.78 is 23.5. The van der Waals surface area contributed by atoms with Crippen molar-refractivity contribution in [2.75, 3.05) is 53.7 Å². The fourth-order valence-electron chi connectivity index (χ4n) is 2.57. The minimum Gasteiger partial charge on any atom is -0.381 e. The number of quaternary nitrogens is 1. The highest BCUT2D eigenvalue weighted by atomic mass is 31.1. The van der Waals surface area contributed by atoms with Crippen LogP contribution in [-0.4, -0.2) is 58.2 Å². The van der Waals surface area contributed by atoms with Crippen LogP contribution in [0.2, 0.25) is 0 Å². The third-order valence-electron chi connectivity index (χ3n) is 4.27. The minimum absolute atomic E-state index is 0.568. The number of ether oxygens (including phenoxy) is 1. The van der Waals surface area contributed by atoms with Gasteiger partial charge in [-0.25, -0.2) is 0 Å². The molecule has 0 bridgehead atoms. The topological polar surface area (TPSA) is 35.5 Å². The number of unbranched alkanes of at least 4 members (excludes halogenated alkanes) is 9. The molecular formula is C20H44NO3P+2. The van der Waals surface area contributed by atoms with E-state index in [4.69, 9.17) is 9.26 Å². The number of hydrogen-bond acceptors (Lipinski definition) is 3. The Morgan fingerprint density at radius 1 is 0.720 bits per heavy atom. The minimum atomic E-state index is -1.51. The summed E-state index contributed by atoms with van der Waals surface area (Å²) in [6.07, 6.45) is 14.9. The van der Waals surface area contributed by atoms with Crippen LogP contribution in [0.1, 0.15) is 77.6 Å². The average Bonchev–Trinajstić information content (AvgIpc) is 2.54. The van der Waals surface area contributed by atoms with E-state index >= 15 is 0 Å². The van der Waals surface area contributed by atoms with Crippen LogP contribution in [0.4, 0.5) is 0 Å². The molecule has 0 aromatic rings. The smallest absolute Gasteiger partial charge is 0.381 e. The molecule has 0 heterocycles. The van der Waals surface area contributed by atoms with E-state index in [2.05, 4.69) is 28.1 Å². The summed E-state index contributed by atoms with van der Waals surface area (Å²) in [6.45, 7) is 5.27. The molecule has 0 rings (SSSR count). The van der Waals surface area contributed by atoms with Gasteiger partial charge in [0.1, 0.15) is 6.54 Å². The van der Waals surface area contributed by atoms with Crippen LogP contribution in [0.15, 0.2) is 0 Å². The maximum absolute atomic E-state index is 11.7. The first-order chi connectivity index (χ1) is 12.0. The lowest BCUT2D eigenvalue weighted by atomic mass is 10.1. The van der Waals surface area contributed by atoms with Gasteiger partial charge in [-0.15, -0.1) is 4.52 Å². The van der Waals surface area contributed by atoms with E-state index in [1.807, 2.05) is 0 Å². The Balaban J connectivity index is 3.17. The second-order valence-corrected chi connectivity index (χ2v) is 9.42. The van der Waals surface area contributed by atoms with Crippen molar-refractivity contribution in [2.45, 2.75) is 77.6 Å². The van der Waals surface area contributed by atoms with Crippen LogP contribution in [0.5, 0.6) is 0 Å². The average molecular weight is 378 g/mol. The van der Waals surface area contributed by atoms with Gasteiger partial charge in [0.25, 0.3) is 0 Å². The van der Waals surface area contributed by atoms with Crippen LogP contribution >= 0.6 is 8.03 Å². The van der Waals surface area contributed by atoms with E-state index in [0.717, 1.165) is 30.5 Å². The summed E-state index contributed by atoms with van der Waals surface area (Å²) >= 11 is 0. The van der Waals surface area contributed by atoms with Crippen LogP contribution in [-0.2, 0) is 13.8 Å². The second kappa shape index (κ2) is 17.4. The first-order valence-corrected chi connectivity index (χ1v) is 11.8. The predicted octanol–water partition coefficient (Wildman–Crippen LogP) is 5.78. The van der Waals surface area contributed by atoms with Gasteiger partial charge in [0.2, 0.25) is 0 Å². The van der Waals surface area contributed by atoms with Gasteiger partial charge in [0.15, 0.2) is 12.8 Å². The summed E-state index contributed by atoms with van der Waals surface area (Å²) in [5.74, 6) is 0. The first kappa shape index (κ1) is 25.0. The van der Waals surface area contributed by atoms with Gasteiger partial charge < -0.3 is 9.22 Å². The highest BCUT2D eigenvalue weighted by Crippen LogP contribution is 2.22. The van der Waals surface area contributed by atoms with Gasteiger partial charge in [0.05, 0.1) is 27.7 Å². The van der Waals surface area contributed by atoms with Crippen LogP contribution in [0, 0.1) is 0 Å². The largest absolute Gasteiger partial charge is 0.508 e. The fraction of sp³-hybridized carbons (Fsp3) is 1.00.